The van der Waals surface area contributed by atoms with Crippen molar-refractivity contribution in [1.82, 2.24) is 5.43 Å². The molecule has 0 saturated carbocycles. The van der Waals surface area contributed by atoms with E-state index in [0.717, 1.165) is 21.3 Å². The van der Waals surface area contributed by atoms with E-state index in [0.29, 0.717) is 5.56 Å². The Bertz CT molecular complexity index is 690. The number of nitrogens with zero attached hydrogens (tertiary/aromatic N) is 1. The summed E-state index contributed by atoms with van der Waals surface area (Å²) in [6.07, 6.45) is 0. The highest BCUT2D eigenvalue weighted by Gasteiger charge is 2.06. The lowest BCUT2D eigenvalue weighted by molar-refractivity contribution is 0.0955. The molecule has 0 aliphatic carbocycles. The first-order chi connectivity index (χ1) is 9.97. The minimum atomic E-state index is -0.216. The number of benzene rings is 2. The van der Waals surface area contributed by atoms with E-state index in [-0.39, 0.29) is 5.91 Å². The highest BCUT2D eigenvalue weighted by molar-refractivity contribution is 9.10. The SMILES string of the molecule is CC(=NNC(=O)c1ccc(Br)cc1)c1ccc(C)cc1C. The molecule has 0 bridgehead atoms. The van der Waals surface area contributed by atoms with Crippen molar-refractivity contribution >= 4 is 27.5 Å². The largest absolute Gasteiger partial charge is 0.271 e. The van der Waals surface area contributed by atoms with E-state index in [1.165, 1.54) is 5.56 Å². The maximum Gasteiger partial charge on any atom is 0.271 e. The molecule has 21 heavy (non-hydrogen) atoms. The first-order valence-electron chi connectivity index (χ1n) is 6.65. The quantitative estimate of drug-likeness (QED) is 0.657. The lowest BCUT2D eigenvalue weighted by atomic mass is 10.0. The van der Waals surface area contributed by atoms with Crippen molar-refractivity contribution in [2.24, 2.45) is 5.10 Å². The molecule has 1 amide bonds. The van der Waals surface area contributed by atoms with Gasteiger partial charge in [-0.1, -0.05) is 39.7 Å². The molecule has 1 N–H and O–H groups in total. The van der Waals surface area contributed by atoms with E-state index < -0.39 is 0 Å². The fourth-order valence-electron chi connectivity index (χ4n) is 2.08. The molecular formula is C17H17BrN2O. The Morgan fingerprint density at radius 1 is 1.10 bits per heavy atom. The minimum absolute atomic E-state index is 0.216. The normalized spacial score (nSPS) is 11.3. The summed E-state index contributed by atoms with van der Waals surface area (Å²) in [5, 5.41) is 4.19. The van der Waals surface area contributed by atoms with Gasteiger partial charge in [0.15, 0.2) is 0 Å². The van der Waals surface area contributed by atoms with E-state index in [1.54, 1.807) is 12.1 Å². The van der Waals surface area contributed by atoms with Gasteiger partial charge in [-0.2, -0.15) is 5.10 Å². The van der Waals surface area contributed by atoms with E-state index in [4.69, 9.17) is 0 Å². The van der Waals surface area contributed by atoms with Gasteiger partial charge in [-0.25, -0.2) is 5.43 Å². The van der Waals surface area contributed by atoms with E-state index in [2.05, 4.69) is 39.4 Å². The van der Waals surface area contributed by atoms with Gasteiger partial charge < -0.3 is 0 Å². The first kappa shape index (κ1) is 15.4. The van der Waals surface area contributed by atoms with Crippen LogP contribution in [0.5, 0.6) is 0 Å². The third kappa shape index (κ3) is 4.02. The zero-order chi connectivity index (χ0) is 15.4. The van der Waals surface area contributed by atoms with Gasteiger partial charge in [-0.3, -0.25) is 4.79 Å². The Morgan fingerprint density at radius 3 is 2.38 bits per heavy atom. The summed E-state index contributed by atoms with van der Waals surface area (Å²) < 4.78 is 0.939. The Morgan fingerprint density at radius 2 is 1.76 bits per heavy atom. The fraction of sp³-hybridized carbons (Fsp3) is 0.176. The zero-order valence-electron chi connectivity index (χ0n) is 12.3. The van der Waals surface area contributed by atoms with Crippen LogP contribution < -0.4 is 5.43 Å². The summed E-state index contributed by atoms with van der Waals surface area (Å²) in [7, 11) is 0. The average molecular weight is 345 g/mol. The Hall–Kier alpha value is -1.94. The van der Waals surface area contributed by atoms with Crippen molar-refractivity contribution < 1.29 is 4.79 Å². The summed E-state index contributed by atoms with van der Waals surface area (Å²) in [6.45, 7) is 5.98. The summed E-state index contributed by atoms with van der Waals surface area (Å²) in [4.78, 5) is 12.0. The molecule has 2 aromatic carbocycles. The van der Waals surface area contributed by atoms with E-state index >= 15 is 0 Å². The van der Waals surface area contributed by atoms with Crippen LogP contribution in [0.15, 0.2) is 52.0 Å². The lowest BCUT2D eigenvalue weighted by Crippen LogP contribution is -2.19. The molecule has 2 aromatic rings. The maximum absolute atomic E-state index is 12.0. The molecule has 0 radical (unpaired) electrons. The summed E-state index contributed by atoms with van der Waals surface area (Å²) in [6, 6.07) is 13.3. The summed E-state index contributed by atoms with van der Waals surface area (Å²) in [5.41, 5.74) is 7.36. The maximum atomic E-state index is 12.0. The predicted molar refractivity (Wildman–Crippen MR) is 89.7 cm³/mol. The zero-order valence-corrected chi connectivity index (χ0v) is 13.9. The molecule has 2 rings (SSSR count). The molecule has 0 aliphatic heterocycles. The second-order valence-electron chi connectivity index (χ2n) is 4.96. The highest BCUT2D eigenvalue weighted by atomic mass is 79.9. The van der Waals surface area contributed by atoms with Crippen LogP contribution >= 0.6 is 15.9 Å². The van der Waals surface area contributed by atoms with Gasteiger partial charge in [-0.05, 0) is 50.6 Å². The molecule has 0 aromatic heterocycles. The van der Waals surface area contributed by atoms with Gasteiger partial charge in [0.1, 0.15) is 0 Å². The van der Waals surface area contributed by atoms with E-state index in [9.17, 15) is 4.79 Å². The number of halogens is 1. The molecule has 0 saturated heterocycles. The standard InChI is InChI=1S/C17H17BrN2O/c1-11-4-9-16(12(2)10-11)13(3)19-20-17(21)14-5-7-15(18)8-6-14/h4-10H,1-3H3,(H,20,21). The molecule has 0 unspecified atom stereocenters. The molecule has 3 nitrogen and oxygen atoms in total. The Balaban J connectivity index is 2.12. The third-order valence-corrected chi connectivity index (χ3v) is 3.73. The molecule has 0 spiro atoms. The van der Waals surface area contributed by atoms with Crippen molar-refractivity contribution in [3.63, 3.8) is 0 Å². The van der Waals surface area contributed by atoms with Crippen LogP contribution in [-0.4, -0.2) is 11.6 Å². The van der Waals surface area contributed by atoms with Crippen molar-refractivity contribution in [2.45, 2.75) is 20.8 Å². The minimum Gasteiger partial charge on any atom is -0.267 e. The van der Waals surface area contributed by atoms with Crippen molar-refractivity contribution in [3.05, 3.63) is 69.2 Å². The topological polar surface area (TPSA) is 41.5 Å². The second-order valence-corrected chi connectivity index (χ2v) is 5.88. The van der Waals surface area contributed by atoms with Crippen LogP contribution in [-0.2, 0) is 0 Å². The molecule has 108 valence electrons. The molecule has 0 atom stereocenters. The number of hydrogen-bond donors (Lipinski definition) is 1. The summed E-state index contributed by atoms with van der Waals surface area (Å²) >= 11 is 3.34. The molecular weight excluding hydrogens is 328 g/mol. The predicted octanol–water partition coefficient (Wildman–Crippen LogP) is 4.22. The number of hydrogen-bond acceptors (Lipinski definition) is 2. The summed E-state index contributed by atoms with van der Waals surface area (Å²) in [5.74, 6) is -0.216. The highest BCUT2D eigenvalue weighted by Crippen LogP contribution is 2.12. The van der Waals surface area contributed by atoms with Crippen molar-refractivity contribution in [3.8, 4) is 0 Å². The van der Waals surface area contributed by atoms with Crippen LogP contribution in [0.25, 0.3) is 0 Å². The second kappa shape index (κ2) is 6.68. The number of carbonyl (C=O) groups is 1. The van der Waals surface area contributed by atoms with Crippen LogP contribution in [0.3, 0.4) is 0 Å². The number of rotatable bonds is 3. The first-order valence-corrected chi connectivity index (χ1v) is 7.44. The number of hydrazone groups is 1. The Labute approximate surface area is 133 Å². The lowest BCUT2D eigenvalue weighted by Gasteiger charge is -2.07. The van der Waals surface area contributed by atoms with Gasteiger partial charge in [0, 0.05) is 15.6 Å². The number of amides is 1. The van der Waals surface area contributed by atoms with Crippen molar-refractivity contribution in [1.29, 1.82) is 0 Å². The van der Waals surface area contributed by atoms with Gasteiger partial charge >= 0.3 is 0 Å². The molecule has 0 heterocycles. The van der Waals surface area contributed by atoms with Gasteiger partial charge in [0.05, 0.1) is 5.71 Å². The van der Waals surface area contributed by atoms with Gasteiger partial charge in [-0.15, -0.1) is 0 Å². The smallest absolute Gasteiger partial charge is 0.267 e. The van der Waals surface area contributed by atoms with Crippen LogP contribution in [0, 0.1) is 13.8 Å². The third-order valence-electron chi connectivity index (χ3n) is 3.20. The number of nitrogens with one attached hydrogen (secondary N) is 1. The number of carbonyl (C=O) groups excluding carboxylic acids is 1. The molecule has 0 fully saturated rings. The average Bonchev–Trinajstić information content (AvgIpc) is 2.45. The molecule has 4 heteroatoms. The van der Waals surface area contributed by atoms with Crippen LogP contribution in [0.1, 0.15) is 34.0 Å². The fourth-order valence-corrected chi connectivity index (χ4v) is 2.34. The molecule has 0 aliphatic rings. The Kier molecular flexibility index (Phi) is 4.91. The van der Waals surface area contributed by atoms with Crippen LogP contribution in [0.2, 0.25) is 0 Å². The van der Waals surface area contributed by atoms with E-state index in [1.807, 2.05) is 38.1 Å². The number of aryl methyl sites for hydroxylation is 2. The van der Waals surface area contributed by atoms with Gasteiger partial charge in [0.2, 0.25) is 0 Å². The van der Waals surface area contributed by atoms with Crippen LogP contribution in [0.4, 0.5) is 0 Å². The van der Waals surface area contributed by atoms with Gasteiger partial charge in [0.25, 0.3) is 5.91 Å². The van der Waals surface area contributed by atoms with Crippen molar-refractivity contribution in [2.75, 3.05) is 0 Å². The monoisotopic (exact) mass is 344 g/mol.